The number of aliphatic hydroxyl groups excluding tert-OH is 1. The van der Waals surface area contributed by atoms with Crippen LogP contribution in [0.1, 0.15) is 106 Å². The highest BCUT2D eigenvalue weighted by molar-refractivity contribution is 5.89. The van der Waals surface area contributed by atoms with Crippen LogP contribution in [0, 0.1) is 28.6 Å². The van der Waals surface area contributed by atoms with Gasteiger partial charge in [-0.05, 0) is 83.2 Å². The standard InChI is InChI=1S/C45H63NO13/c1-13-32-55-30-20-31-45(22-53-31,58-26(6)47)35-37(57-38(49)27-17-15-14-16-18-27)44(42(10,11)52)21-29(24(4)33(44)25(5)36(56-32)43(30,35)12)54-39(50)34(48)28(19-23(2)3)46-40(51)59-41(7,8)9/h13-18,23,25,28-32,34-37,48,52H,1,19-22H2,2-12H3,(H,46,51)/t25-,28?,29?,30-,31+,32-,34+,35-,36-,37-,43+,44-,45-/m0/s1. The van der Waals surface area contributed by atoms with Crippen LogP contribution in [-0.2, 0) is 42.7 Å². The number of hydrogen-bond donors (Lipinski definition) is 3. The fourth-order valence-electron chi connectivity index (χ4n) is 11.1. The van der Waals surface area contributed by atoms with Crippen molar-refractivity contribution >= 4 is 24.0 Å². The largest absolute Gasteiger partial charge is 0.457 e. The number of benzene rings is 1. The number of rotatable bonds is 11. The molecule has 14 heteroatoms. The minimum Gasteiger partial charge on any atom is -0.457 e. The third-order valence-corrected chi connectivity index (χ3v) is 13.3. The molecule has 3 aliphatic carbocycles. The molecule has 2 saturated heterocycles. The first-order valence-corrected chi connectivity index (χ1v) is 20.7. The van der Waals surface area contributed by atoms with E-state index in [4.69, 9.17) is 33.2 Å². The van der Waals surface area contributed by atoms with Crippen molar-refractivity contribution in [2.75, 3.05) is 6.61 Å². The SMILES string of the molecule is C=C[C@H]1O[C@H]2C[C@H]3OC[C@@]3(OC(C)=O)[C@H]3[C@H](OC(=O)c4ccccc4)[C@]4(C(C)(C)O)CC(OC(=O)[C@H](O)C(CC(C)C)NC(=O)OC(C)(C)C)C(C)=C4[C@H](C)[C@H](O1)[C@]23C. The van der Waals surface area contributed by atoms with Crippen molar-refractivity contribution in [1.82, 2.24) is 5.32 Å². The Balaban J connectivity index is 1.52. The van der Waals surface area contributed by atoms with E-state index in [2.05, 4.69) is 11.9 Å². The maximum absolute atomic E-state index is 14.5. The lowest BCUT2D eigenvalue weighted by atomic mass is 9.49. The summed E-state index contributed by atoms with van der Waals surface area (Å²) in [5.41, 5.74) is -4.92. The van der Waals surface area contributed by atoms with E-state index >= 15 is 0 Å². The van der Waals surface area contributed by atoms with Crippen molar-refractivity contribution < 1.29 is 62.5 Å². The van der Waals surface area contributed by atoms with E-state index in [1.54, 1.807) is 78.0 Å². The van der Waals surface area contributed by atoms with Gasteiger partial charge in [0.1, 0.15) is 23.9 Å². The zero-order valence-corrected chi connectivity index (χ0v) is 36.2. The molecule has 0 bridgehead atoms. The Morgan fingerprint density at radius 2 is 1.71 bits per heavy atom. The molecule has 5 aliphatic rings. The lowest BCUT2D eigenvalue weighted by molar-refractivity contribution is -0.391. The summed E-state index contributed by atoms with van der Waals surface area (Å²) < 4.78 is 44.4. The van der Waals surface area contributed by atoms with Crippen LogP contribution in [0.15, 0.2) is 54.1 Å². The van der Waals surface area contributed by atoms with Crippen LogP contribution in [0.3, 0.4) is 0 Å². The molecule has 1 aromatic rings. The molecular weight excluding hydrogens is 762 g/mol. The number of hydrogen-bond acceptors (Lipinski definition) is 13. The van der Waals surface area contributed by atoms with Gasteiger partial charge in [0.25, 0.3) is 0 Å². The zero-order valence-electron chi connectivity index (χ0n) is 36.2. The van der Waals surface area contributed by atoms with Crippen LogP contribution < -0.4 is 5.32 Å². The van der Waals surface area contributed by atoms with Gasteiger partial charge in [0.05, 0.1) is 47.4 Å². The van der Waals surface area contributed by atoms with Crippen molar-refractivity contribution in [3.63, 3.8) is 0 Å². The van der Waals surface area contributed by atoms with E-state index < -0.39 is 112 Å². The summed E-state index contributed by atoms with van der Waals surface area (Å²) in [5, 5.41) is 27.0. The molecule has 2 heterocycles. The van der Waals surface area contributed by atoms with E-state index in [9.17, 15) is 29.4 Å². The van der Waals surface area contributed by atoms with Crippen LogP contribution in [0.25, 0.3) is 0 Å². The zero-order chi connectivity index (χ0) is 43.6. The molecule has 1 aromatic carbocycles. The summed E-state index contributed by atoms with van der Waals surface area (Å²) in [6.07, 6.45) is -5.55. The molecule has 326 valence electrons. The van der Waals surface area contributed by atoms with Crippen molar-refractivity contribution in [3.05, 3.63) is 59.7 Å². The Kier molecular flexibility index (Phi) is 12.1. The molecule has 0 radical (unpaired) electrons. The van der Waals surface area contributed by atoms with E-state index in [0.29, 0.717) is 17.6 Å². The first-order valence-electron chi connectivity index (χ1n) is 20.7. The Hall–Kier alpha value is -3.82. The van der Waals surface area contributed by atoms with Crippen LogP contribution in [0.5, 0.6) is 0 Å². The highest BCUT2D eigenvalue weighted by Gasteiger charge is 2.80. The molecule has 2 saturated carbocycles. The van der Waals surface area contributed by atoms with Crippen LogP contribution >= 0.6 is 0 Å². The first-order chi connectivity index (χ1) is 27.4. The lowest BCUT2D eigenvalue weighted by Crippen LogP contribution is -2.80. The van der Waals surface area contributed by atoms with Gasteiger partial charge in [0.15, 0.2) is 18.0 Å². The molecule has 0 spiro atoms. The number of carbonyl (C=O) groups is 4. The summed E-state index contributed by atoms with van der Waals surface area (Å²) in [4.78, 5) is 54.6. The first kappa shape index (κ1) is 44.7. The highest BCUT2D eigenvalue weighted by Crippen LogP contribution is 2.70. The number of carbonyl (C=O) groups excluding carboxylic acids is 4. The number of ether oxygens (including phenoxy) is 7. The number of nitrogens with one attached hydrogen (secondary N) is 1. The molecule has 1 amide bonds. The van der Waals surface area contributed by atoms with Crippen molar-refractivity contribution in [2.24, 2.45) is 28.6 Å². The molecular formula is C45H63NO13. The third kappa shape index (κ3) is 7.73. The lowest BCUT2D eigenvalue weighted by Gasteiger charge is -2.67. The Morgan fingerprint density at radius 3 is 2.25 bits per heavy atom. The summed E-state index contributed by atoms with van der Waals surface area (Å²) in [7, 11) is 0. The Morgan fingerprint density at radius 1 is 1.05 bits per heavy atom. The van der Waals surface area contributed by atoms with E-state index in [1.165, 1.54) is 6.92 Å². The topological polar surface area (TPSA) is 185 Å². The fourth-order valence-corrected chi connectivity index (χ4v) is 11.1. The van der Waals surface area contributed by atoms with Crippen molar-refractivity contribution in [3.8, 4) is 0 Å². The highest BCUT2D eigenvalue weighted by atomic mass is 16.7. The second-order valence-electron chi connectivity index (χ2n) is 19.3. The number of alkyl carbamates (subject to hydrolysis) is 1. The molecule has 6 rings (SSSR count). The summed E-state index contributed by atoms with van der Waals surface area (Å²) in [6.45, 7) is 23.2. The maximum atomic E-state index is 14.5. The van der Waals surface area contributed by atoms with Gasteiger partial charge >= 0.3 is 24.0 Å². The van der Waals surface area contributed by atoms with Crippen LogP contribution in [-0.4, -0.2) is 107 Å². The van der Waals surface area contributed by atoms with Gasteiger partial charge in [0, 0.05) is 31.1 Å². The van der Waals surface area contributed by atoms with Gasteiger partial charge in [-0.1, -0.05) is 52.5 Å². The predicted molar refractivity (Wildman–Crippen MR) is 214 cm³/mol. The average Bonchev–Trinajstić information content (AvgIpc) is 3.39. The molecule has 2 aliphatic heterocycles. The van der Waals surface area contributed by atoms with Crippen molar-refractivity contribution in [2.45, 2.75) is 161 Å². The molecule has 3 N–H and O–H groups in total. The van der Waals surface area contributed by atoms with Crippen LogP contribution in [0.4, 0.5) is 4.79 Å². The summed E-state index contributed by atoms with van der Waals surface area (Å²) in [6, 6.07) is 7.43. The fraction of sp³-hybridized carbons (Fsp3) is 0.689. The van der Waals surface area contributed by atoms with Gasteiger partial charge < -0.3 is 48.7 Å². The Bertz CT molecular complexity index is 1830. The van der Waals surface area contributed by atoms with Crippen LogP contribution in [0.2, 0.25) is 0 Å². The summed E-state index contributed by atoms with van der Waals surface area (Å²) in [5.74, 6) is -3.69. The summed E-state index contributed by atoms with van der Waals surface area (Å²) >= 11 is 0. The van der Waals surface area contributed by atoms with Gasteiger partial charge in [0.2, 0.25) is 0 Å². The quantitative estimate of drug-likeness (QED) is 0.143. The van der Waals surface area contributed by atoms with Gasteiger partial charge in [-0.25, -0.2) is 14.4 Å². The monoisotopic (exact) mass is 825 g/mol. The third-order valence-electron chi connectivity index (χ3n) is 13.3. The number of aliphatic hydroxyl groups is 2. The second kappa shape index (κ2) is 15.9. The number of fused-ring (bicyclic) bond motifs is 3. The number of esters is 3. The molecule has 0 aromatic heterocycles. The molecule has 4 fully saturated rings. The normalized spacial score (nSPS) is 36.0. The molecule has 59 heavy (non-hydrogen) atoms. The number of amides is 1. The predicted octanol–water partition coefficient (Wildman–Crippen LogP) is 5.57. The van der Waals surface area contributed by atoms with Gasteiger partial charge in [-0.3, -0.25) is 4.79 Å². The van der Waals surface area contributed by atoms with Crippen molar-refractivity contribution in [1.29, 1.82) is 0 Å². The maximum Gasteiger partial charge on any atom is 0.407 e. The second-order valence-corrected chi connectivity index (χ2v) is 19.3. The van der Waals surface area contributed by atoms with E-state index in [-0.39, 0.29) is 30.9 Å². The van der Waals surface area contributed by atoms with E-state index in [1.807, 2.05) is 27.7 Å². The van der Waals surface area contributed by atoms with Gasteiger partial charge in [-0.15, -0.1) is 0 Å². The molecule has 14 nitrogen and oxygen atoms in total. The minimum absolute atomic E-state index is 0.0118. The molecule has 13 atom stereocenters. The molecule has 2 unspecified atom stereocenters. The Labute approximate surface area is 347 Å². The van der Waals surface area contributed by atoms with Gasteiger partial charge in [-0.2, -0.15) is 0 Å². The van der Waals surface area contributed by atoms with E-state index in [0.717, 1.165) is 0 Å². The minimum atomic E-state index is -1.79. The smallest absolute Gasteiger partial charge is 0.407 e. The average molecular weight is 826 g/mol.